The van der Waals surface area contributed by atoms with E-state index in [0.29, 0.717) is 13.2 Å². The first-order chi connectivity index (χ1) is 10.4. The average Bonchev–Trinajstić information content (AvgIpc) is 3.04. The highest BCUT2D eigenvalue weighted by Crippen LogP contribution is 2.40. The normalized spacial score (nSPS) is 22.3. The molecule has 1 saturated heterocycles. The number of ether oxygens (including phenoxy) is 3. The molecule has 0 bridgehead atoms. The SMILES string of the molecule is Nc1cn(C2CCC3(CC2)OCCO3)nc1OCC(F)(F)F. The van der Waals surface area contributed by atoms with Gasteiger partial charge in [-0.1, -0.05) is 0 Å². The molecule has 1 spiro atoms. The fourth-order valence-corrected chi connectivity index (χ4v) is 2.93. The number of nitrogens with zero attached hydrogens (tertiary/aromatic N) is 2. The molecule has 0 amide bonds. The second kappa shape index (κ2) is 5.62. The monoisotopic (exact) mass is 321 g/mol. The van der Waals surface area contributed by atoms with Crippen LogP contribution in [0.1, 0.15) is 31.7 Å². The molecule has 2 heterocycles. The molecule has 2 N–H and O–H groups in total. The van der Waals surface area contributed by atoms with E-state index < -0.39 is 18.6 Å². The molecule has 1 aliphatic carbocycles. The Morgan fingerprint density at radius 3 is 2.55 bits per heavy atom. The predicted octanol–water partition coefficient (Wildman–Crippen LogP) is 2.26. The molecule has 0 atom stereocenters. The summed E-state index contributed by atoms with van der Waals surface area (Å²) in [6.07, 6.45) is 0.0985. The third-order valence-corrected chi connectivity index (χ3v) is 4.00. The number of halogens is 3. The van der Waals surface area contributed by atoms with E-state index in [9.17, 15) is 13.2 Å². The molecule has 9 heteroatoms. The topological polar surface area (TPSA) is 71.5 Å². The smallest absolute Gasteiger partial charge is 0.422 e. The number of nitrogen functional groups attached to an aromatic ring is 1. The summed E-state index contributed by atoms with van der Waals surface area (Å²) in [5.74, 6) is -0.656. The summed E-state index contributed by atoms with van der Waals surface area (Å²) >= 11 is 0. The zero-order valence-electron chi connectivity index (χ0n) is 11.9. The zero-order valence-corrected chi connectivity index (χ0v) is 11.9. The number of hydrogen-bond donors (Lipinski definition) is 1. The Bertz CT molecular complexity index is 516. The Kier molecular flexibility index (Phi) is 3.94. The van der Waals surface area contributed by atoms with Crippen LogP contribution < -0.4 is 10.5 Å². The minimum absolute atomic E-state index is 0.0592. The highest BCUT2D eigenvalue weighted by Gasteiger charge is 2.41. The van der Waals surface area contributed by atoms with Gasteiger partial charge in [0.2, 0.25) is 0 Å². The van der Waals surface area contributed by atoms with Crippen molar-refractivity contribution in [1.82, 2.24) is 9.78 Å². The Morgan fingerprint density at radius 2 is 1.95 bits per heavy atom. The molecule has 124 valence electrons. The van der Waals surface area contributed by atoms with Gasteiger partial charge in [-0.2, -0.15) is 13.2 Å². The largest absolute Gasteiger partial charge is 0.466 e. The molecule has 1 aliphatic heterocycles. The van der Waals surface area contributed by atoms with Gasteiger partial charge in [-0.15, -0.1) is 5.10 Å². The molecule has 0 radical (unpaired) electrons. The third-order valence-electron chi connectivity index (χ3n) is 4.00. The summed E-state index contributed by atoms with van der Waals surface area (Å²) in [5, 5.41) is 4.04. The van der Waals surface area contributed by atoms with Gasteiger partial charge in [-0.3, -0.25) is 4.68 Å². The van der Waals surface area contributed by atoms with Crippen LogP contribution in [0.15, 0.2) is 6.20 Å². The zero-order chi connectivity index (χ0) is 15.8. The molecule has 6 nitrogen and oxygen atoms in total. The molecular formula is C13H18F3N3O3. The minimum atomic E-state index is -4.41. The van der Waals surface area contributed by atoms with Crippen molar-refractivity contribution in [3.05, 3.63) is 6.20 Å². The summed E-state index contributed by atoms with van der Waals surface area (Å²) in [5.41, 5.74) is 5.78. The van der Waals surface area contributed by atoms with Crippen LogP contribution in [0, 0.1) is 0 Å². The molecule has 0 unspecified atom stereocenters. The van der Waals surface area contributed by atoms with Crippen LogP contribution in [-0.4, -0.2) is 41.6 Å². The predicted molar refractivity (Wildman–Crippen MR) is 70.3 cm³/mol. The van der Waals surface area contributed by atoms with E-state index in [1.807, 2.05) is 0 Å². The van der Waals surface area contributed by atoms with Crippen molar-refractivity contribution in [2.24, 2.45) is 0 Å². The van der Waals surface area contributed by atoms with Gasteiger partial charge in [-0.05, 0) is 12.8 Å². The van der Waals surface area contributed by atoms with Gasteiger partial charge >= 0.3 is 6.18 Å². The number of hydrogen-bond acceptors (Lipinski definition) is 5. The highest BCUT2D eigenvalue weighted by atomic mass is 19.4. The highest BCUT2D eigenvalue weighted by molar-refractivity contribution is 5.46. The molecule has 2 fully saturated rings. The lowest BCUT2D eigenvalue weighted by Gasteiger charge is -2.35. The maximum atomic E-state index is 12.2. The second-order valence-electron chi connectivity index (χ2n) is 5.61. The number of aromatic nitrogens is 2. The fourth-order valence-electron chi connectivity index (χ4n) is 2.93. The van der Waals surface area contributed by atoms with E-state index in [-0.39, 0.29) is 17.6 Å². The van der Waals surface area contributed by atoms with Crippen LogP contribution in [0.4, 0.5) is 18.9 Å². The van der Waals surface area contributed by atoms with Gasteiger partial charge in [0.15, 0.2) is 12.4 Å². The van der Waals surface area contributed by atoms with Crippen molar-refractivity contribution in [2.75, 3.05) is 25.6 Å². The quantitative estimate of drug-likeness (QED) is 0.924. The first kappa shape index (κ1) is 15.4. The number of rotatable bonds is 3. The Labute approximate surface area is 125 Å². The van der Waals surface area contributed by atoms with E-state index in [1.165, 1.54) is 6.20 Å². The first-order valence-electron chi connectivity index (χ1n) is 7.19. The standard InChI is InChI=1S/C13H18F3N3O3/c14-13(15,16)8-20-11-10(17)7-19(18-11)9-1-3-12(4-2-9)21-5-6-22-12/h7,9H,1-6,8,17H2. The number of alkyl halides is 3. The maximum absolute atomic E-state index is 12.2. The van der Waals surface area contributed by atoms with Gasteiger partial charge in [0.1, 0.15) is 5.69 Å². The van der Waals surface area contributed by atoms with Crippen molar-refractivity contribution in [3.8, 4) is 5.88 Å². The molecule has 22 heavy (non-hydrogen) atoms. The van der Waals surface area contributed by atoms with E-state index in [2.05, 4.69) is 9.84 Å². The summed E-state index contributed by atoms with van der Waals surface area (Å²) < 4.78 is 54.0. The van der Waals surface area contributed by atoms with Gasteiger partial charge in [0, 0.05) is 12.8 Å². The van der Waals surface area contributed by atoms with Crippen LogP contribution in [0.5, 0.6) is 5.88 Å². The van der Waals surface area contributed by atoms with Crippen molar-refractivity contribution >= 4 is 5.69 Å². The summed E-state index contributed by atoms with van der Waals surface area (Å²) in [7, 11) is 0. The van der Waals surface area contributed by atoms with E-state index in [1.54, 1.807) is 4.68 Å². The molecule has 1 aromatic rings. The van der Waals surface area contributed by atoms with Gasteiger partial charge < -0.3 is 19.9 Å². The minimum Gasteiger partial charge on any atom is -0.466 e. The lowest BCUT2D eigenvalue weighted by atomic mass is 9.90. The van der Waals surface area contributed by atoms with Crippen LogP contribution in [0.25, 0.3) is 0 Å². The molecular weight excluding hydrogens is 303 g/mol. The summed E-state index contributed by atoms with van der Waals surface area (Å²) in [4.78, 5) is 0. The second-order valence-corrected chi connectivity index (χ2v) is 5.61. The molecule has 1 aromatic heterocycles. The van der Waals surface area contributed by atoms with E-state index >= 15 is 0 Å². The summed E-state index contributed by atoms with van der Waals surface area (Å²) in [6.45, 7) is -0.187. The third kappa shape index (κ3) is 3.30. The number of anilines is 1. The van der Waals surface area contributed by atoms with Crippen molar-refractivity contribution in [1.29, 1.82) is 0 Å². The number of nitrogens with two attached hydrogens (primary N) is 1. The average molecular weight is 321 g/mol. The fraction of sp³-hybridized carbons (Fsp3) is 0.769. The Hall–Kier alpha value is -1.48. The van der Waals surface area contributed by atoms with E-state index in [4.69, 9.17) is 15.2 Å². The van der Waals surface area contributed by atoms with Crippen molar-refractivity contribution < 1.29 is 27.4 Å². The van der Waals surface area contributed by atoms with Gasteiger partial charge in [0.05, 0.1) is 25.5 Å². The molecule has 2 aliphatic rings. The van der Waals surface area contributed by atoms with Crippen molar-refractivity contribution in [3.63, 3.8) is 0 Å². The Balaban J connectivity index is 1.61. The lowest BCUT2D eigenvalue weighted by molar-refractivity contribution is -0.181. The molecule has 0 aromatic carbocycles. The van der Waals surface area contributed by atoms with Gasteiger partial charge in [0.25, 0.3) is 5.88 Å². The maximum Gasteiger partial charge on any atom is 0.422 e. The van der Waals surface area contributed by atoms with Gasteiger partial charge in [-0.25, -0.2) is 0 Å². The first-order valence-corrected chi connectivity index (χ1v) is 7.19. The molecule has 1 saturated carbocycles. The molecule has 3 rings (SSSR count). The van der Waals surface area contributed by atoms with Crippen LogP contribution >= 0.6 is 0 Å². The van der Waals surface area contributed by atoms with Crippen LogP contribution in [-0.2, 0) is 9.47 Å². The van der Waals surface area contributed by atoms with Crippen molar-refractivity contribution in [2.45, 2.75) is 43.7 Å². The Morgan fingerprint density at radius 1 is 1.32 bits per heavy atom. The lowest BCUT2D eigenvalue weighted by Crippen LogP contribution is -2.35. The van der Waals surface area contributed by atoms with Crippen LogP contribution in [0.3, 0.4) is 0 Å². The van der Waals surface area contributed by atoms with Crippen LogP contribution in [0.2, 0.25) is 0 Å². The summed E-state index contributed by atoms with van der Waals surface area (Å²) in [6, 6.07) is 0.0592. The van der Waals surface area contributed by atoms with E-state index in [0.717, 1.165) is 25.7 Å².